The van der Waals surface area contributed by atoms with E-state index in [2.05, 4.69) is 57.2 Å². The minimum Gasteiger partial charge on any atom is -0.462 e. The van der Waals surface area contributed by atoms with Crippen LogP contribution >= 0.6 is 0 Å². The van der Waals surface area contributed by atoms with Crippen molar-refractivity contribution in [2.24, 2.45) is 0 Å². The highest BCUT2D eigenvalue weighted by atomic mass is 16.6. The van der Waals surface area contributed by atoms with Crippen molar-refractivity contribution in [1.29, 1.82) is 0 Å². The first-order valence-electron chi connectivity index (χ1n) is 26.0. The van der Waals surface area contributed by atoms with Crippen molar-refractivity contribution in [3.05, 3.63) is 36.5 Å². The van der Waals surface area contributed by atoms with Gasteiger partial charge in [0.25, 0.3) is 0 Å². The average molecular weight is 843 g/mol. The topological polar surface area (TPSA) is 78.9 Å². The predicted octanol–water partition coefficient (Wildman–Crippen LogP) is 16.9. The number of carbonyl (C=O) groups excluding carboxylic acids is 3. The number of esters is 3. The van der Waals surface area contributed by atoms with Crippen molar-refractivity contribution in [2.75, 3.05) is 13.2 Å². The summed E-state index contributed by atoms with van der Waals surface area (Å²) in [5, 5.41) is 0. The maximum Gasteiger partial charge on any atom is 0.306 e. The number of hydrogen-bond acceptors (Lipinski definition) is 6. The highest BCUT2D eigenvalue weighted by Gasteiger charge is 2.19. The van der Waals surface area contributed by atoms with Crippen molar-refractivity contribution >= 4 is 17.9 Å². The summed E-state index contributed by atoms with van der Waals surface area (Å²) in [7, 11) is 0. The maximum atomic E-state index is 12.8. The molecule has 0 aromatic heterocycles. The van der Waals surface area contributed by atoms with E-state index in [1.807, 2.05) is 0 Å². The second kappa shape index (κ2) is 49.3. The Hall–Kier alpha value is -2.37. The van der Waals surface area contributed by atoms with Crippen LogP contribution in [-0.2, 0) is 28.6 Å². The molecule has 0 spiro atoms. The molecule has 0 N–H and O–H groups in total. The third-order valence-electron chi connectivity index (χ3n) is 11.4. The zero-order valence-corrected chi connectivity index (χ0v) is 40.0. The van der Waals surface area contributed by atoms with Gasteiger partial charge < -0.3 is 14.2 Å². The molecule has 0 saturated carbocycles. The van der Waals surface area contributed by atoms with Crippen molar-refractivity contribution in [1.82, 2.24) is 0 Å². The molecule has 0 aliphatic carbocycles. The zero-order chi connectivity index (χ0) is 43.7. The van der Waals surface area contributed by atoms with Crippen molar-refractivity contribution in [3.63, 3.8) is 0 Å². The van der Waals surface area contributed by atoms with Crippen LogP contribution in [0.3, 0.4) is 0 Å². The first-order chi connectivity index (χ1) is 29.5. The second-order valence-electron chi connectivity index (χ2n) is 17.4. The molecule has 6 nitrogen and oxygen atoms in total. The fourth-order valence-corrected chi connectivity index (χ4v) is 7.48. The van der Waals surface area contributed by atoms with Crippen LogP contribution in [0.25, 0.3) is 0 Å². The largest absolute Gasteiger partial charge is 0.462 e. The summed E-state index contributed by atoms with van der Waals surface area (Å²) in [5.41, 5.74) is 0. The Balaban J connectivity index is 4.31. The molecule has 1 unspecified atom stereocenters. The molecule has 0 bridgehead atoms. The summed E-state index contributed by atoms with van der Waals surface area (Å²) in [6.45, 7) is 6.50. The predicted molar refractivity (Wildman–Crippen MR) is 256 cm³/mol. The second-order valence-corrected chi connectivity index (χ2v) is 17.4. The van der Waals surface area contributed by atoms with Crippen molar-refractivity contribution < 1.29 is 28.6 Å². The number of unbranched alkanes of at least 4 members (excludes halogenated alkanes) is 30. The van der Waals surface area contributed by atoms with Gasteiger partial charge in [0.05, 0.1) is 0 Å². The molecule has 0 aliphatic heterocycles. The maximum absolute atomic E-state index is 12.8. The minimum atomic E-state index is -0.784. The van der Waals surface area contributed by atoms with Gasteiger partial charge in [0.2, 0.25) is 0 Å². The zero-order valence-electron chi connectivity index (χ0n) is 40.0. The summed E-state index contributed by atoms with van der Waals surface area (Å²) in [6, 6.07) is 0. The third kappa shape index (κ3) is 46.7. The van der Waals surface area contributed by atoms with Gasteiger partial charge >= 0.3 is 17.9 Å². The molecule has 0 radical (unpaired) electrons. The van der Waals surface area contributed by atoms with E-state index in [0.29, 0.717) is 19.3 Å². The molecule has 0 heterocycles. The lowest BCUT2D eigenvalue weighted by Crippen LogP contribution is -2.30. The highest BCUT2D eigenvalue weighted by molar-refractivity contribution is 5.71. The summed E-state index contributed by atoms with van der Waals surface area (Å²) in [6.07, 6.45) is 57.2. The molecule has 0 aromatic carbocycles. The van der Waals surface area contributed by atoms with Crippen LogP contribution in [0.15, 0.2) is 36.5 Å². The Morgan fingerprint density at radius 1 is 0.350 bits per heavy atom. The molecular formula is C54H98O6. The van der Waals surface area contributed by atoms with Crippen LogP contribution in [0.2, 0.25) is 0 Å². The smallest absolute Gasteiger partial charge is 0.306 e. The van der Waals surface area contributed by atoms with Crippen LogP contribution in [0, 0.1) is 0 Å². The molecule has 0 fully saturated rings. The lowest BCUT2D eigenvalue weighted by Gasteiger charge is -2.18. The molecule has 1 atom stereocenters. The van der Waals surface area contributed by atoms with Crippen LogP contribution in [0.1, 0.15) is 271 Å². The SMILES string of the molecule is CC/C=C\C/C=C\CCCCC(=O)OCC(COC(=O)CCCCCCCCCCCCCCCCCCC)OC(=O)CCCCCCC/C=C\CCCCCCCCC. The first kappa shape index (κ1) is 57.6. The summed E-state index contributed by atoms with van der Waals surface area (Å²) in [5.74, 6) is -0.920. The summed E-state index contributed by atoms with van der Waals surface area (Å²) < 4.78 is 16.7. The summed E-state index contributed by atoms with van der Waals surface area (Å²) in [4.78, 5) is 37.9. The van der Waals surface area contributed by atoms with Crippen LogP contribution in [-0.4, -0.2) is 37.2 Å². The number of rotatable bonds is 47. The Kier molecular flexibility index (Phi) is 47.3. The number of allylic oxidation sites excluding steroid dienone is 6. The Morgan fingerprint density at radius 2 is 0.650 bits per heavy atom. The first-order valence-corrected chi connectivity index (χ1v) is 26.0. The normalized spacial score (nSPS) is 12.2. The van der Waals surface area contributed by atoms with Gasteiger partial charge in [-0.15, -0.1) is 0 Å². The third-order valence-corrected chi connectivity index (χ3v) is 11.4. The van der Waals surface area contributed by atoms with E-state index in [4.69, 9.17) is 14.2 Å². The standard InChI is InChI=1S/C54H98O6/c1-4-7-10-13-16-19-21-23-25-27-29-30-32-35-38-41-44-47-53(56)59-50-51(49-58-52(55)46-43-40-37-34-18-15-12-9-6-3)60-54(57)48-45-42-39-36-33-31-28-26-24-22-20-17-14-11-8-5-2/h9,12,18,26,28,34,51H,4-8,10-11,13-17,19-25,27,29-33,35-50H2,1-3H3/b12-9-,28-26-,34-18-. The Labute approximate surface area is 372 Å². The van der Waals surface area contributed by atoms with Gasteiger partial charge in [-0.25, -0.2) is 0 Å². The molecule has 60 heavy (non-hydrogen) atoms. The van der Waals surface area contributed by atoms with Gasteiger partial charge in [-0.1, -0.05) is 218 Å². The van der Waals surface area contributed by atoms with E-state index in [1.54, 1.807) is 0 Å². The van der Waals surface area contributed by atoms with Gasteiger partial charge in [-0.3, -0.25) is 14.4 Å². The molecule has 0 rings (SSSR count). The van der Waals surface area contributed by atoms with Gasteiger partial charge in [0.1, 0.15) is 13.2 Å². The van der Waals surface area contributed by atoms with Gasteiger partial charge in [-0.05, 0) is 70.6 Å². The summed E-state index contributed by atoms with van der Waals surface area (Å²) >= 11 is 0. The van der Waals surface area contributed by atoms with E-state index in [9.17, 15) is 14.4 Å². The highest BCUT2D eigenvalue weighted by Crippen LogP contribution is 2.16. The van der Waals surface area contributed by atoms with Crippen molar-refractivity contribution in [3.8, 4) is 0 Å². The molecule has 0 aromatic rings. The molecule has 0 saturated heterocycles. The van der Waals surface area contributed by atoms with Gasteiger partial charge in [-0.2, -0.15) is 0 Å². The lowest BCUT2D eigenvalue weighted by molar-refractivity contribution is -0.167. The van der Waals surface area contributed by atoms with E-state index < -0.39 is 6.10 Å². The average Bonchev–Trinajstić information content (AvgIpc) is 3.24. The monoisotopic (exact) mass is 843 g/mol. The van der Waals surface area contributed by atoms with Gasteiger partial charge in [0, 0.05) is 19.3 Å². The lowest BCUT2D eigenvalue weighted by atomic mass is 10.0. The van der Waals surface area contributed by atoms with E-state index >= 15 is 0 Å². The molecule has 6 heteroatoms. The Bertz CT molecular complexity index is 1020. The van der Waals surface area contributed by atoms with Crippen LogP contribution in [0.4, 0.5) is 0 Å². The quantitative estimate of drug-likeness (QED) is 0.0263. The van der Waals surface area contributed by atoms with E-state index in [0.717, 1.165) is 83.5 Å². The van der Waals surface area contributed by atoms with E-state index in [1.165, 1.54) is 148 Å². The van der Waals surface area contributed by atoms with Crippen molar-refractivity contribution in [2.45, 2.75) is 277 Å². The molecule has 0 aliphatic rings. The molecular weight excluding hydrogens is 745 g/mol. The number of ether oxygens (including phenoxy) is 3. The van der Waals surface area contributed by atoms with Gasteiger partial charge in [0.15, 0.2) is 6.10 Å². The van der Waals surface area contributed by atoms with Crippen LogP contribution in [0.5, 0.6) is 0 Å². The van der Waals surface area contributed by atoms with E-state index in [-0.39, 0.29) is 31.1 Å². The number of carbonyl (C=O) groups is 3. The fraction of sp³-hybridized carbons (Fsp3) is 0.833. The molecule has 0 amide bonds. The van der Waals surface area contributed by atoms with Crippen LogP contribution < -0.4 is 0 Å². The minimum absolute atomic E-state index is 0.0828. The molecule has 350 valence electrons. The fourth-order valence-electron chi connectivity index (χ4n) is 7.48. The number of hydrogen-bond donors (Lipinski definition) is 0. The Morgan fingerprint density at radius 3 is 1.05 bits per heavy atom.